The second-order valence-corrected chi connectivity index (χ2v) is 8.32. The predicted octanol–water partition coefficient (Wildman–Crippen LogP) is 4.02. The lowest BCUT2D eigenvalue weighted by atomic mass is 10.1. The second-order valence-electron chi connectivity index (χ2n) is 7.20. The zero-order valence-electron chi connectivity index (χ0n) is 16.4. The molecule has 1 aromatic heterocycles. The molecule has 4 aromatic rings. The van der Waals surface area contributed by atoms with Crippen molar-refractivity contribution in [2.45, 2.75) is 13.1 Å². The average Bonchev–Trinajstić information content (AvgIpc) is 3.32. The van der Waals surface area contributed by atoms with Crippen molar-refractivity contribution in [3.63, 3.8) is 0 Å². The molecule has 0 atom stereocenters. The summed E-state index contributed by atoms with van der Waals surface area (Å²) in [6.07, 6.45) is 0. The minimum Gasteiger partial charge on any atom is -0.346 e. The molecule has 0 fully saturated rings. The van der Waals surface area contributed by atoms with Gasteiger partial charge in [0, 0.05) is 5.56 Å². The van der Waals surface area contributed by atoms with Crippen LogP contribution in [0.5, 0.6) is 0 Å². The fraction of sp³-hybridized carbons (Fsp3) is 0.0833. The standard InChI is InChI=1S/C24H17N3O3S/c28-22(25-13-21-26-19-8-4-5-9-20(19)31-21)16-10-11-17-18(12-16)24(30)27(23(17)29)14-15-6-2-1-3-7-15/h1-12H,13-14H2,(H,25,28). The van der Waals surface area contributed by atoms with E-state index in [1.807, 2.05) is 54.6 Å². The van der Waals surface area contributed by atoms with Crippen molar-refractivity contribution in [1.82, 2.24) is 15.2 Å². The lowest BCUT2D eigenvalue weighted by molar-refractivity contribution is 0.0642. The van der Waals surface area contributed by atoms with Gasteiger partial charge in [0.25, 0.3) is 17.7 Å². The Kier molecular flexibility index (Phi) is 4.80. The summed E-state index contributed by atoms with van der Waals surface area (Å²) >= 11 is 1.53. The number of hydrogen-bond donors (Lipinski definition) is 1. The molecule has 0 aliphatic carbocycles. The van der Waals surface area contributed by atoms with Gasteiger partial charge in [0.05, 0.1) is 34.4 Å². The van der Waals surface area contributed by atoms with Gasteiger partial charge in [0.1, 0.15) is 5.01 Å². The molecule has 0 saturated carbocycles. The van der Waals surface area contributed by atoms with E-state index in [0.717, 1.165) is 20.8 Å². The Morgan fingerprint density at radius 3 is 2.45 bits per heavy atom. The number of hydrogen-bond acceptors (Lipinski definition) is 5. The molecule has 31 heavy (non-hydrogen) atoms. The van der Waals surface area contributed by atoms with Crippen LogP contribution >= 0.6 is 11.3 Å². The van der Waals surface area contributed by atoms with Gasteiger partial charge in [-0.15, -0.1) is 11.3 Å². The molecular formula is C24H17N3O3S. The zero-order valence-corrected chi connectivity index (χ0v) is 17.2. The minimum absolute atomic E-state index is 0.201. The summed E-state index contributed by atoms with van der Waals surface area (Å²) in [6, 6.07) is 21.7. The zero-order chi connectivity index (χ0) is 21.4. The van der Waals surface area contributed by atoms with E-state index in [2.05, 4.69) is 10.3 Å². The number of thiazole rings is 1. The van der Waals surface area contributed by atoms with E-state index < -0.39 is 0 Å². The maximum absolute atomic E-state index is 12.8. The lowest BCUT2D eigenvalue weighted by Gasteiger charge is -2.13. The van der Waals surface area contributed by atoms with Crippen molar-refractivity contribution >= 4 is 39.3 Å². The molecule has 1 N–H and O–H groups in total. The molecule has 6 nitrogen and oxygen atoms in total. The van der Waals surface area contributed by atoms with Crippen LogP contribution in [0, 0.1) is 0 Å². The van der Waals surface area contributed by atoms with E-state index >= 15 is 0 Å². The van der Waals surface area contributed by atoms with Crippen molar-refractivity contribution in [2.24, 2.45) is 0 Å². The number of aromatic nitrogens is 1. The first-order chi connectivity index (χ1) is 15.1. The molecular weight excluding hydrogens is 410 g/mol. The number of carbonyl (C=O) groups excluding carboxylic acids is 3. The van der Waals surface area contributed by atoms with E-state index in [4.69, 9.17) is 0 Å². The largest absolute Gasteiger partial charge is 0.346 e. The molecule has 152 valence electrons. The third-order valence-corrected chi connectivity index (χ3v) is 6.19. The van der Waals surface area contributed by atoms with Crippen molar-refractivity contribution in [3.05, 3.63) is 100 Å². The van der Waals surface area contributed by atoms with Gasteiger partial charge in [-0.2, -0.15) is 0 Å². The molecule has 2 heterocycles. The second kappa shape index (κ2) is 7.77. The van der Waals surface area contributed by atoms with Crippen LogP contribution in [-0.2, 0) is 13.1 Å². The Hall–Kier alpha value is -3.84. The van der Waals surface area contributed by atoms with Crippen LogP contribution in [0.15, 0.2) is 72.8 Å². The number of nitrogens with zero attached hydrogens (tertiary/aromatic N) is 2. The summed E-state index contributed by atoms with van der Waals surface area (Å²) in [5.74, 6) is -1.04. The number of imide groups is 1. The molecule has 1 aliphatic heterocycles. The van der Waals surface area contributed by atoms with Crippen molar-refractivity contribution in [1.29, 1.82) is 0 Å². The first-order valence-electron chi connectivity index (χ1n) is 9.77. The van der Waals surface area contributed by atoms with Crippen molar-refractivity contribution in [3.8, 4) is 0 Å². The third-order valence-electron chi connectivity index (χ3n) is 5.15. The summed E-state index contributed by atoms with van der Waals surface area (Å²) in [5.41, 5.74) is 2.68. The van der Waals surface area contributed by atoms with E-state index in [0.29, 0.717) is 17.7 Å². The Morgan fingerprint density at radius 2 is 1.65 bits per heavy atom. The Morgan fingerprint density at radius 1 is 0.903 bits per heavy atom. The van der Waals surface area contributed by atoms with Gasteiger partial charge in [0.15, 0.2) is 0 Å². The highest BCUT2D eigenvalue weighted by Crippen LogP contribution is 2.26. The van der Waals surface area contributed by atoms with Crippen LogP contribution in [0.2, 0.25) is 0 Å². The topological polar surface area (TPSA) is 79.4 Å². The predicted molar refractivity (Wildman–Crippen MR) is 118 cm³/mol. The highest BCUT2D eigenvalue weighted by Gasteiger charge is 2.36. The molecule has 5 rings (SSSR count). The maximum Gasteiger partial charge on any atom is 0.261 e. The Labute approximate surface area is 182 Å². The molecule has 0 saturated heterocycles. The minimum atomic E-state index is -0.385. The quantitative estimate of drug-likeness (QED) is 0.488. The van der Waals surface area contributed by atoms with Crippen molar-refractivity contribution < 1.29 is 14.4 Å². The van der Waals surface area contributed by atoms with Gasteiger partial charge in [-0.3, -0.25) is 19.3 Å². The fourth-order valence-corrected chi connectivity index (χ4v) is 4.50. The number of nitrogens with one attached hydrogen (secondary N) is 1. The number of rotatable bonds is 5. The smallest absolute Gasteiger partial charge is 0.261 e. The average molecular weight is 427 g/mol. The first-order valence-corrected chi connectivity index (χ1v) is 10.6. The molecule has 3 aromatic carbocycles. The summed E-state index contributed by atoms with van der Waals surface area (Å²) in [7, 11) is 0. The third kappa shape index (κ3) is 3.60. The Bertz CT molecular complexity index is 1300. The highest BCUT2D eigenvalue weighted by molar-refractivity contribution is 7.18. The number of para-hydroxylation sites is 1. The van der Waals surface area contributed by atoms with Crippen molar-refractivity contribution in [2.75, 3.05) is 0 Å². The summed E-state index contributed by atoms with van der Waals surface area (Å²) in [4.78, 5) is 43.9. The van der Waals surface area contributed by atoms with Crippen LogP contribution in [0.1, 0.15) is 41.6 Å². The fourth-order valence-electron chi connectivity index (χ4n) is 3.60. The van der Waals surface area contributed by atoms with E-state index in [1.165, 1.54) is 22.3 Å². The molecule has 0 radical (unpaired) electrons. The normalized spacial score (nSPS) is 13.0. The first kappa shape index (κ1) is 19.1. The summed E-state index contributed by atoms with van der Waals surface area (Å²) in [5, 5.41) is 3.65. The van der Waals surface area contributed by atoms with E-state index in [-0.39, 0.29) is 29.8 Å². The number of benzene rings is 3. The molecule has 3 amide bonds. The van der Waals surface area contributed by atoms with Gasteiger partial charge in [0.2, 0.25) is 0 Å². The van der Waals surface area contributed by atoms with Gasteiger partial charge in [-0.1, -0.05) is 42.5 Å². The van der Waals surface area contributed by atoms with Gasteiger partial charge >= 0.3 is 0 Å². The molecule has 0 unspecified atom stereocenters. The number of carbonyl (C=O) groups is 3. The lowest BCUT2D eigenvalue weighted by Crippen LogP contribution is -2.29. The van der Waals surface area contributed by atoms with Gasteiger partial charge < -0.3 is 5.32 Å². The van der Waals surface area contributed by atoms with Gasteiger partial charge in [-0.25, -0.2) is 4.98 Å². The van der Waals surface area contributed by atoms with Gasteiger partial charge in [-0.05, 0) is 35.9 Å². The maximum atomic E-state index is 12.8. The van der Waals surface area contributed by atoms with Crippen LogP contribution in [0.3, 0.4) is 0 Å². The van der Waals surface area contributed by atoms with E-state index in [1.54, 1.807) is 12.1 Å². The van der Waals surface area contributed by atoms with E-state index in [9.17, 15) is 14.4 Å². The molecule has 0 spiro atoms. The highest BCUT2D eigenvalue weighted by atomic mass is 32.1. The summed E-state index contributed by atoms with van der Waals surface area (Å²) < 4.78 is 1.06. The SMILES string of the molecule is O=C(NCc1nc2ccccc2s1)c1ccc2c(c1)C(=O)N(Cc1ccccc1)C2=O. The van der Waals surface area contributed by atoms with Crippen LogP contribution in [0.25, 0.3) is 10.2 Å². The number of fused-ring (bicyclic) bond motifs is 2. The monoisotopic (exact) mass is 427 g/mol. The van der Waals surface area contributed by atoms with Crippen LogP contribution in [-0.4, -0.2) is 27.6 Å². The molecule has 1 aliphatic rings. The molecule has 7 heteroatoms. The van der Waals surface area contributed by atoms with Crippen LogP contribution < -0.4 is 5.32 Å². The van der Waals surface area contributed by atoms with Crippen LogP contribution in [0.4, 0.5) is 0 Å². The summed E-state index contributed by atoms with van der Waals surface area (Å²) in [6.45, 7) is 0.495. The number of amides is 3. The Balaban J connectivity index is 1.31. The molecule has 0 bridgehead atoms.